The smallest absolute Gasteiger partial charge is 0.338 e. The minimum atomic E-state index is -0.821. The van der Waals surface area contributed by atoms with Crippen molar-refractivity contribution in [1.82, 2.24) is 30.3 Å². The first-order valence-electron chi connectivity index (χ1n) is 9.26. The van der Waals surface area contributed by atoms with Gasteiger partial charge < -0.3 is 10.1 Å². The van der Waals surface area contributed by atoms with Gasteiger partial charge in [0, 0.05) is 4.47 Å². The van der Waals surface area contributed by atoms with E-state index in [9.17, 15) is 9.18 Å². The highest BCUT2D eigenvalue weighted by Crippen LogP contribution is 2.37. The Labute approximate surface area is 193 Å². The van der Waals surface area contributed by atoms with Crippen LogP contribution in [-0.4, -0.2) is 43.4 Å². The van der Waals surface area contributed by atoms with Crippen molar-refractivity contribution in [1.29, 1.82) is 5.26 Å². The predicted molar refractivity (Wildman–Crippen MR) is 115 cm³/mol. The highest BCUT2D eigenvalue weighted by atomic mass is 79.9. The van der Waals surface area contributed by atoms with E-state index in [0.29, 0.717) is 26.6 Å². The molecule has 1 aliphatic rings. The number of benzene rings is 1. The third-order valence-electron chi connectivity index (χ3n) is 4.40. The van der Waals surface area contributed by atoms with Crippen molar-refractivity contribution in [3.05, 3.63) is 68.0 Å². The minimum absolute atomic E-state index is 0.00469. The third kappa shape index (κ3) is 4.41. The molecule has 32 heavy (non-hydrogen) atoms. The number of allylic oxidation sites excluding steroid dienone is 1. The number of nitriles is 1. The molecule has 0 spiro atoms. The highest BCUT2D eigenvalue weighted by Gasteiger charge is 2.34. The number of esters is 1. The topological polar surface area (TPSA) is 131 Å². The number of aromatic nitrogens is 5. The van der Waals surface area contributed by atoms with Crippen LogP contribution in [0.3, 0.4) is 0 Å². The van der Waals surface area contributed by atoms with E-state index in [1.165, 1.54) is 34.5 Å². The van der Waals surface area contributed by atoms with Crippen molar-refractivity contribution in [3.63, 3.8) is 0 Å². The lowest BCUT2D eigenvalue weighted by Crippen LogP contribution is -2.35. The average molecular weight is 517 g/mol. The molecule has 2 aromatic heterocycles. The van der Waals surface area contributed by atoms with Crippen molar-refractivity contribution < 1.29 is 13.9 Å². The van der Waals surface area contributed by atoms with Crippen LogP contribution in [0.25, 0.3) is 0 Å². The second-order valence-electron chi connectivity index (χ2n) is 6.41. The van der Waals surface area contributed by atoms with E-state index >= 15 is 0 Å². The zero-order valence-corrected chi connectivity index (χ0v) is 18.9. The lowest BCUT2D eigenvalue weighted by Gasteiger charge is -2.27. The van der Waals surface area contributed by atoms with E-state index < -0.39 is 17.8 Å². The highest BCUT2D eigenvalue weighted by molar-refractivity contribution is 9.10. The van der Waals surface area contributed by atoms with Gasteiger partial charge >= 0.3 is 5.97 Å². The van der Waals surface area contributed by atoms with Crippen LogP contribution in [0, 0.1) is 17.1 Å². The summed E-state index contributed by atoms with van der Waals surface area (Å²) in [5, 5.41) is 24.6. The molecule has 3 aromatic rings. The molecular formula is C19H14BrFN8O2S. The average Bonchev–Trinajstić information content (AvgIpc) is 3.45. The summed E-state index contributed by atoms with van der Waals surface area (Å²) in [6.07, 6.45) is 1.38. The maximum Gasteiger partial charge on any atom is 0.338 e. The zero-order chi connectivity index (χ0) is 22.7. The molecule has 1 aromatic carbocycles. The molecule has 13 heteroatoms. The predicted octanol–water partition coefficient (Wildman–Crippen LogP) is 2.51. The van der Waals surface area contributed by atoms with Crippen molar-refractivity contribution in [2.75, 3.05) is 6.61 Å². The number of nitrogens with one attached hydrogen (secondary N) is 1. The first-order chi connectivity index (χ1) is 15.5. The molecule has 0 radical (unpaired) electrons. The van der Waals surface area contributed by atoms with Gasteiger partial charge in [0.15, 0.2) is 10.8 Å². The molecule has 4 rings (SSSR count). The van der Waals surface area contributed by atoms with Crippen molar-refractivity contribution >= 4 is 39.1 Å². The van der Waals surface area contributed by atoms with Gasteiger partial charge in [-0.15, -0.1) is 15.3 Å². The molecule has 0 amide bonds. The fourth-order valence-electron chi connectivity index (χ4n) is 3.09. The first kappa shape index (κ1) is 21.7. The Hall–Kier alpha value is -3.50. The molecule has 162 valence electrons. The molecule has 1 N–H and O–H groups in total. The maximum absolute atomic E-state index is 13.7. The summed E-state index contributed by atoms with van der Waals surface area (Å²) in [7, 11) is 0. The van der Waals surface area contributed by atoms with E-state index in [0.717, 1.165) is 0 Å². The molecule has 10 nitrogen and oxygen atoms in total. The Morgan fingerprint density at radius 3 is 2.97 bits per heavy atom. The molecule has 0 aliphatic carbocycles. The van der Waals surface area contributed by atoms with E-state index in [1.807, 2.05) is 6.07 Å². The summed E-state index contributed by atoms with van der Waals surface area (Å²) >= 11 is 4.64. The SMILES string of the molecule is CCOC(=O)C1=C(Cn2cnc(C#N)n2)NC(c2nncs2)=NC1c1ccc(F)cc1Br. The second-order valence-corrected chi connectivity index (χ2v) is 8.09. The quantitative estimate of drug-likeness (QED) is 0.494. The third-order valence-corrected chi connectivity index (χ3v) is 5.78. The fourth-order valence-corrected chi connectivity index (χ4v) is 4.16. The Bertz CT molecular complexity index is 1260. The molecule has 0 saturated heterocycles. The van der Waals surface area contributed by atoms with Gasteiger partial charge in [-0.25, -0.2) is 18.9 Å². The van der Waals surface area contributed by atoms with E-state index in [-0.39, 0.29) is 24.5 Å². The number of amidine groups is 1. The maximum atomic E-state index is 13.7. The number of halogens is 2. The molecule has 0 fully saturated rings. The Morgan fingerprint density at radius 2 is 2.31 bits per heavy atom. The van der Waals surface area contributed by atoms with Gasteiger partial charge in [-0.3, -0.25) is 4.99 Å². The van der Waals surface area contributed by atoms with Crippen molar-refractivity contribution in [2.24, 2.45) is 4.99 Å². The lowest BCUT2D eigenvalue weighted by molar-refractivity contribution is -0.139. The lowest BCUT2D eigenvalue weighted by atomic mass is 9.95. The Balaban J connectivity index is 1.87. The molecule has 0 saturated carbocycles. The number of ether oxygens (including phenoxy) is 1. The van der Waals surface area contributed by atoms with Gasteiger partial charge in [-0.1, -0.05) is 33.3 Å². The van der Waals surface area contributed by atoms with Crippen molar-refractivity contribution in [2.45, 2.75) is 19.5 Å². The van der Waals surface area contributed by atoms with Gasteiger partial charge in [0.25, 0.3) is 5.82 Å². The number of carbonyl (C=O) groups is 1. The van der Waals surface area contributed by atoms with Gasteiger partial charge in [0.05, 0.1) is 24.4 Å². The van der Waals surface area contributed by atoms with Crippen LogP contribution in [0.15, 0.2) is 50.8 Å². The summed E-state index contributed by atoms with van der Waals surface area (Å²) in [5.74, 6) is -0.638. The van der Waals surface area contributed by atoms with Gasteiger partial charge in [-0.05, 0) is 24.6 Å². The summed E-state index contributed by atoms with van der Waals surface area (Å²) < 4.78 is 20.9. The van der Waals surface area contributed by atoms with Crippen LogP contribution >= 0.6 is 27.3 Å². The molecule has 0 bridgehead atoms. The van der Waals surface area contributed by atoms with Crippen LogP contribution in [-0.2, 0) is 16.1 Å². The number of hydrogen-bond donors (Lipinski definition) is 1. The normalized spacial score (nSPS) is 15.7. The fraction of sp³-hybridized carbons (Fsp3) is 0.211. The number of aliphatic imine (C=N–C) groups is 1. The summed E-state index contributed by atoms with van der Waals surface area (Å²) in [4.78, 5) is 21.6. The zero-order valence-electron chi connectivity index (χ0n) is 16.5. The Morgan fingerprint density at radius 1 is 1.47 bits per heavy atom. The first-order valence-corrected chi connectivity index (χ1v) is 10.9. The number of hydrogen-bond acceptors (Lipinski definition) is 10. The molecule has 1 atom stereocenters. The van der Waals surface area contributed by atoms with Crippen LogP contribution in [0.5, 0.6) is 0 Å². The summed E-state index contributed by atoms with van der Waals surface area (Å²) in [6, 6.07) is 5.19. The summed E-state index contributed by atoms with van der Waals surface area (Å²) in [5.41, 5.74) is 2.77. The van der Waals surface area contributed by atoms with Crippen LogP contribution in [0.1, 0.15) is 29.4 Å². The molecule has 1 unspecified atom stereocenters. The van der Waals surface area contributed by atoms with Crippen molar-refractivity contribution in [3.8, 4) is 6.07 Å². The monoisotopic (exact) mass is 516 g/mol. The summed E-state index contributed by atoms with van der Waals surface area (Å²) in [6.45, 7) is 1.93. The van der Waals surface area contributed by atoms with Crippen LogP contribution < -0.4 is 5.32 Å². The van der Waals surface area contributed by atoms with Gasteiger partial charge in [-0.2, -0.15) is 5.26 Å². The largest absolute Gasteiger partial charge is 0.463 e. The second kappa shape index (κ2) is 9.33. The molecule has 1 aliphatic heterocycles. The standard InChI is InChI=1S/C19H14BrFN8O2S/c1-2-31-19(30)15-13(7-29-8-23-14(6-22)28-29)25-17(18-27-24-9-32-18)26-16(15)11-4-3-10(21)5-12(11)20/h3-5,8-9,16H,2,7H2,1H3,(H,25,26). The number of rotatable bonds is 6. The van der Waals surface area contributed by atoms with Crippen LogP contribution in [0.4, 0.5) is 4.39 Å². The van der Waals surface area contributed by atoms with E-state index in [4.69, 9.17) is 10.00 Å². The molecule has 3 heterocycles. The minimum Gasteiger partial charge on any atom is -0.463 e. The number of carbonyl (C=O) groups excluding carboxylic acids is 1. The Kier molecular flexibility index (Phi) is 6.33. The van der Waals surface area contributed by atoms with E-state index in [2.05, 4.69) is 46.5 Å². The van der Waals surface area contributed by atoms with E-state index in [1.54, 1.807) is 18.5 Å². The van der Waals surface area contributed by atoms with Crippen LogP contribution in [0.2, 0.25) is 0 Å². The molecular weight excluding hydrogens is 503 g/mol. The van der Waals surface area contributed by atoms with Gasteiger partial charge in [0.2, 0.25) is 0 Å². The number of nitrogens with zero attached hydrogens (tertiary/aromatic N) is 7. The van der Waals surface area contributed by atoms with Gasteiger partial charge in [0.1, 0.15) is 29.8 Å².